The molecule has 0 unspecified atom stereocenters. The van der Waals surface area contributed by atoms with E-state index in [0.29, 0.717) is 12.0 Å². The van der Waals surface area contributed by atoms with Crippen LogP contribution in [-0.4, -0.2) is 20.1 Å². The average molecular weight is 215 g/mol. The van der Waals surface area contributed by atoms with E-state index >= 15 is 0 Å². The average Bonchev–Trinajstić information content (AvgIpc) is 2.07. The van der Waals surface area contributed by atoms with E-state index in [1.54, 1.807) is 19.1 Å². The first kappa shape index (κ1) is 11.2. The number of benzene rings is 1. The lowest BCUT2D eigenvalue weighted by Crippen LogP contribution is -2.14. The zero-order valence-corrected chi connectivity index (χ0v) is 8.71. The predicted molar refractivity (Wildman–Crippen MR) is 53.3 cm³/mol. The van der Waals surface area contributed by atoms with Crippen molar-refractivity contribution in [1.29, 1.82) is 0 Å². The van der Waals surface area contributed by atoms with E-state index in [1.807, 2.05) is 0 Å². The van der Waals surface area contributed by atoms with Crippen LogP contribution in [0.5, 0.6) is 0 Å². The summed E-state index contributed by atoms with van der Waals surface area (Å²) in [6.07, 6.45) is 0.440. The fraction of sp³-hybridized carbons (Fsp3) is 0.333. The topological polar surface area (TPSA) is 80.4 Å². The van der Waals surface area contributed by atoms with E-state index in [1.165, 1.54) is 6.07 Å². The van der Waals surface area contributed by atoms with Gasteiger partial charge < -0.3 is 5.11 Å². The maximum absolute atomic E-state index is 11.1. The van der Waals surface area contributed by atoms with Crippen LogP contribution in [-0.2, 0) is 16.4 Å². The highest BCUT2D eigenvalue weighted by atomic mass is 32.2. The van der Waals surface area contributed by atoms with Crippen molar-refractivity contribution in [3.63, 3.8) is 0 Å². The van der Waals surface area contributed by atoms with Crippen molar-refractivity contribution in [1.82, 2.24) is 0 Å². The zero-order valence-electron chi connectivity index (χ0n) is 7.90. The summed E-state index contributed by atoms with van der Waals surface area (Å²) >= 11 is 0. The lowest BCUT2D eigenvalue weighted by atomic mass is 10.1. The third kappa shape index (κ3) is 2.31. The SMILES string of the molecule is Cc1c(CCO)cccc1S(N)(=O)=O. The molecule has 0 radical (unpaired) electrons. The van der Waals surface area contributed by atoms with Gasteiger partial charge in [0, 0.05) is 6.61 Å². The molecule has 0 aliphatic rings. The van der Waals surface area contributed by atoms with Gasteiger partial charge in [-0.3, -0.25) is 0 Å². The van der Waals surface area contributed by atoms with Gasteiger partial charge in [-0.1, -0.05) is 12.1 Å². The summed E-state index contributed by atoms with van der Waals surface area (Å²) in [6, 6.07) is 4.86. The molecule has 1 rings (SSSR count). The Balaban J connectivity index is 3.28. The van der Waals surface area contributed by atoms with Gasteiger partial charge in [0.2, 0.25) is 10.0 Å². The third-order valence-electron chi connectivity index (χ3n) is 2.08. The fourth-order valence-corrected chi connectivity index (χ4v) is 2.19. The van der Waals surface area contributed by atoms with Gasteiger partial charge in [-0.2, -0.15) is 0 Å². The number of aliphatic hydroxyl groups excluding tert-OH is 1. The smallest absolute Gasteiger partial charge is 0.238 e. The number of sulfonamides is 1. The van der Waals surface area contributed by atoms with Crippen LogP contribution in [0.3, 0.4) is 0 Å². The minimum atomic E-state index is -3.66. The maximum atomic E-state index is 11.1. The van der Waals surface area contributed by atoms with Crippen LogP contribution in [0.2, 0.25) is 0 Å². The van der Waals surface area contributed by atoms with Gasteiger partial charge in [-0.15, -0.1) is 0 Å². The van der Waals surface area contributed by atoms with E-state index in [4.69, 9.17) is 10.2 Å². The first-order chi connectivity index (χ1) is 6.46. The van der Waals surface area contributed by atoms with Crippen molar-refractivity contribution in [2.45, 2.75) is 18.2 Å². The number of rotatable bonds is 3. The highest BCUT2D eigenvalue weighted by Gasteiger charge is 2.12. The maximum Gasteiger partial charge on any atom is 0.238 e. The minimum Gasteiger partial charge on any atom is -0.396 e. The summed E-state index contributed by atoms with van der Waals surface area (Å²) in [7, 11) is -3.66. The third-order valence-corrected chi connectivity index (χ3v) is 3.14. The molecule has 78 valence electrons. The van der Waals surface area contributed by atoms with Crippen molar-refractivity contribution in [3.8, 4) is 0 Å². The Morgan fingerprint density at radius 3 is 2.57 bits per heavy atom. The number of hydrogen-bond donors (Lipinski definition) is 2. The minimum absolute atomic E-state index is 0.00505. The molecule has 14 heavy (non-hydrogen) atoms. The Bertz CT molecular complexity index is 426. The molecule has 0 aliphatic carbocycles. The van der Waals surface area contributed by atoms with Crippen LogP contribution in [0.15, 0.2) is 23.1 Å². The van der Waals surface area contributed by atoms with Gasteiger partial charge >= 0.3 is 0 Å². The molecule has 0 saturated heterocycles. The molecule has 0 fully saturated rings. The van der Waals surface area contributed by atoms with Crippen molar-refractivity contribution >= 4 is 10.0 Å². The van der Waals surface area contributed by atoms with Gasteiger partial charge in [0.05, 0.1) is 4.90 Å². The second-order valence-electron chi connectivity index (χ2n) is 3.06. The highest BCUT2D eigenvalue weighted by molar-refractivity contribution is 7.89. The second-order valence-corrected chi connectivity index (χ2v) is 4.59. The number of nitrogens with two attached hydrogens (primary N) is 1. The van der Waals surface area contributed by atoms with Crippen molar-refractivity contribution in [3.05, 3.63) is 29.3 Å². The van der Waals surface area contributed by atoms with Crippen molar-refractivity contribution < 1.29 is 13.5 Å². The molecule has 0 atom stereocenters. The normalized spacial score (nSPS) is 11.6. The molecule has 0 aliphatic heterocycles. The van der Waals surface area contributed by atoms with Crippen LogP contribution in [0.1, 0.15) is 11.1 Å². The highest BCUT2D eigenvalue weighted by Crippen LogP contribution is 2.17. The van der Waals surface area contributed by atoms with Crippen molar-refractivity contribution in [2.24, 2.45) is 5.14 Å². The standard InChI is InChI=1S/C9H13NO3S/c1-7-8(5-6-11)3-2-4-9(7)14(10,12)13/h2-4,11H,5-6H2,1H3,(H2,10,12,13). The van der Waals surface area contributed by atoms with Crippen LogP contribution in [0.4, 0.5) is 0 Å². The summed E-state index contributed by atoms with van der Waals surface area (Å²) in [5.74, 6) is 0. The molecule has 0 saturated carbocycles. The molecule has 1 aromatic rings. The Morgan fingerprint density at radius 1 is 1.43 bits per heavy atom. The molecule has 0 spiro atoms. The van der Waals surface area contributed by atoms with Crippen LogP contribution in [0, 0.1) is 6.92 Å². The summed E-state index contributed by atoms with van der Waals surface area (Å²) in [6.45, 7) is 1.68. The van der Waals surface area contributed by atoms with Gasteiger partial charge in [0.25, 0.3) is 0 Å². The Labute approximate surface area is 83.4 Å². The predicted octanol–water partition coefficient (Wildman–Crippen LogP) is 0.177. The molecular weight excluding hydrogens is 202 g/mol. The van der Waals surface area contributed by atoms with E-state index < -0.39 is 10.0 Å². The Morgan fingerprint density at radius 2 is 2.07 bits per heavy atom. The van der Waals surface area contributed by atoms with E-state index in [9.17, 15) is 8.42 Å². The second kappa shape index (κ2) is 4.08. The molecule has 0 bridgehead atoms. The Kier molecular flexibility index (Phi) is 3.25. The molecule has 4 nitrogen and oxygen atoms in total. The van der Waals surface area contributed by atoms with E-state index in [2.05, 4.69) is 0 Å². The first-order valence-corrected chi connectivity index (χ1v) is 5.73. The molecular formula is C9H13NO3S. The summed E-state index contributed by atoms with van der Waals surface area (Å²) in [4.78, 5) is 0.128. The van der Waals surface area contributed by atoms with Gasteiger partial charge in [-0.05, 0) is 30.5 Å². The van der Waals surface area contributed by atoms with Gasteiger partial charge in [0.15, 0.2) is 0 Å². The lowest BCUT2D eigenvalue weighted by molar-refractivity contribution is 0.299. The van der Waals surface area contributed by atoms with Crippen molar-refractivity contribution in [2.75, 3.05) is 6.61 Å². The van der Waals surface area contributed by atoms with E-state index in [-0.39, 0.29) is 11.5 Å². The lowest BCUT2D eigenvalue weighted by Gasteiger charge is -2.08. The monoisotopic (exact) mass is 215 g/mol. The van der Waals surface area contributed by atoms with Gasteiger partial charge in [-0.25, -0.2) is 13.6 Å². The first-order valence-electron chi connectivity index (χ1n) is 4.19. The van der Waals surface area contributed by atoms with Gasteiger partial charge in [0.1, 0.15) is 0 Å². The summed E-state index contributed by atoms with van der Waals surface area (Å²) < 4.78 is 22.3. The van der Waals surface area contributed by atoms with Crippen LogP contribution in [0.25, 0.3) is 0 Å². The molecule has 5 heteroatoms. The number of hydrogen-bond acceptors (Lipinski definition) is 3. The quantitative estimate of drug-likeness (QED) is 0.754. The molecule has 0 heterocycles. The largest absolute Gasteiger partial charge is 0.396 e. The fourth-order valence-electron chi connectivity index (χ4n) is 1.36. The molecule has 0 aromatic heterocycles. The summed E-state index contributed by atoms with van der Waals surface area (Å²) in [5, 5.41) is 13.8. The molecule has 1 aromatic carbocycles. The molecule has 3 N–H and O–H groups in total. The summed E-state index contributed by atoms with van der Waals surface area (Å²) in [5.41, 5.74) is 1.42. The Hall–Kier alpha value is -0.910. The number of aliphatic hydroxyl groups is 1. The molecule has 0 amide bonds. The number of primary sulfonamides is 1. The van der Waals surface area contributed by atoms with E-state index in [0.717, 1.165) is 5.56 Å². The van der Waals surface area contributed by atoms with Crippen LogP contribution < -0.4 is 5.14 Å². The van der Waals surface area contributed by atoms with Crippen LogP contribution >= 0.6 is 0 Å². The zero-order chi connectivity index (χ0) is 10.8.